The first-order valence-corrected chi connectivity index (χ1v) is 7.46. The number of halogens is 1. The Hall–Kier alpha value is -2.52. The van der Waals surface area contributed by atoms with Gasteiger partial charge in [-0.3, -0.25) is 0 Å². The van der Waals surface area contributed by atoms with E-state index in [1.165, 1.54) is 13.2 Å². The van der Waals surface area contributed by atoms with Crippen molar-refractivity contribution in [3.63, 3.8) is 0 Å². The molecule has 3 nitrogen and oxygen atoms in total. The summed E-state index contributed by atoms with van der Waals surface area (Å²) < 4.78 is 10.3. The summed E-state index contributed by atoms with van der Waals surface area (Å²) in [5.41, 5.74) is 1.77. The molecule has 23 heavy (non-hydrogen) atoms. The monoisotopic (exact) mass is 328 g/mol. The van der Waals surface area contributed by atoms with E-state index in [9.17, 15) is 4.79 Å². The molecule has 0 aliphatic rings. The van der Waals surface area contributed by atoms with Crippen LogP contribution in [0.25, 0.3) is 6.08 Å². The summed E-state index contributed by atoms with van der Waals surface area (Å²) in [7, 11) is 1.49. The minimum atomic E-state index is -0.463. The Labute approximate surface area is 140 Å². The van der Waals surface area contributed by atoms with Crippen LogP contribution in [0.4, 0.5) is 0 Å². The lowest BCUT2D eigenvalue weighted by atomic mass is 10.2. The summed E-state index contributed by atoms with van der Waals surface area (Å²) in [6.45, 7) is 0.224. The fourth-order valence-corrected chi connectivity index (χ4v) is 2.04. The maximum Gasteiger partial charge on any atom is 0.334 e. The maximum atomic E-state index is 11.8. The van der Waals surface area contributed by atoms with Gasteiger partial charge in [0.15, 0.2) is 0 Å². The van der Waals surface area contributed by atoms with Gasteiger partial charge in [0.1, 0.15) is 12.4 Å². The number of carbonyl (C=O) groups is 1. The zero-order valence-corrected chi connectivity index (χ0v) is 13.5. The number of benzene rings is 2. The number of hydrogen-bond donors (Lipinski definition) is 0. The lowest BCUT2D eigenvalue weighted by Crippen LogP contribution is -2.02. The Bertz CT molecular complexity index is 706. The molecule has 2 aromatic rings. The average molecular weight is 329 g/mol. The van der Waals surface area contributed by atoms with Crippen LogP contribution in [-0.4, -0.2) is 13.1 Å². The molecule has 0 heterocycles. The summed E-state index contributed by atoms with van der Waals surface area (Å²) in [4.78, 5) is 11.8. The van der Waals surface area contributed by atoms with E-state index < -0.39 is 5.97 Å². The number of allylic oxidation sites excluding steroid dienone is 1. The number of ether oxygens (including phenoxy) is 2. The van der Waals surface area contributed by atoms with Crippen LogP contribution < -0.4 is 0 Å². The molecule has 2 rings (SSSR count). The zero-order chi connectivity index (χ0) is 16.5. The van der Waals surface area contributed by atoms with Crippen molar-refractivity contribution in [1.29, 1.82) is 0 Å². The third-order valence-corrected chi connectivity index (χ3v) is 3.40. The molecule has 0 radical (unpaired) electrons. The van der Waals surface area contributed by atoms with Crippen molar-refractivity contribution in [2.24, 2.45) is 0 Å². The maximum absolute atomic E-state index is 11.8. The van der Waals surface area contributed by atoms with E-state index >= 15 is 0 Å². The van der Waals surface area contributed by atoms with Gasteiger partial charge in [-0.2, -0.15) is 0 Å². The van der Waals surface area contributed by atoms with Gasteiger partial charge in [0.25, 0.3) is 0 Å². The quantitative estimate of drug-likeness (QED) is 0.336. The molecule has 2 aromatic carbocycles. The second kappa shape index (κ2) is 8.81. The number of carbonyl (C=O) groups excluding carboxylic acids is 1. The molecule has 0 saturated carbocycles. The number of hydrogen-bond acceptors (Lipinski definition) is 3. The van der Waals surface area contributed by atoms with Crippen LogP contribution in [0.3, 0.4) is 0 Å². The SMILES string of the molecule is COC(/C=C/c1ccccc1Cl)=C/C(=O)OCc1ccccc1. The molecule has 0 atom stereocenters. The van der Waals surface area contributed by atoms with Gasteiger partial charge >= 0.3 is 5.97 Å². The van der Waals surface area contributed by atoms with Gasteiger partial charge in [0.2, 0.25) is 0 Å². The van der Waals surface area contributed by atoms with Gasteiger partial charge in [-0.1, -0.05) is 60.1 Å². The molecule has 0 aliphatic carbocycles. The van der Waals surface area contributed by atoms with E-state index in [-0.39, 0.29) is 6.61 Å². The summed E-state index contributed by atoms with van der Waals surface area (Å²) in [5.74, 6) is -0.0718. The minimum absolute atomic E-state index is 0.224. The molecule has 0 saturated heterocycles. The van der Waals surface area contributed by atoms with Crippen LogP contribution in [0.1, 0.15) is 11.1 Å². The fraction of sp³-hybridized carbons (Fsp3) is 0.105. The normalized spacial score (nSPS) is 11.5. The van der Waals surface area contributed by atoms with Crippen LogP contribution in [0, 0.1) is 0 Å². The summed E-state index contributed by atoms with van der Waals surface area (Å²) in [5, 5.41) is 0.630. The van der Waals surface area contributed by atoms with E-state index in [1.54, 1.807) is 18.2 Å². The van der Waals surface area contributed by atoms with Gasteiger partial charge in [-0.25, -0.2) is 4.79 Å². The van der Waals surface area contributed by atoms with E-state index in [0.29, 0.717) is 10.8 Å². The van der Waals surface area contributed by atoms with Crippen molar-refractivity contribution in [3.8, 4) is 0 Å². The Morgan fingerprint density at radius 2 is 1.78 bits per heavy atom. The van der Waals surface area contributed by atoms with Crippen molar-refractivity contribution in [2.75, 3.05) is 7.11 Å². The molecule has 0 N–H and O–H groups in total. The first-order chi connectivity index (χ1) is 11.2. The highest BCUT2D eigenvalue weighted by molar-refractivity contribution is 6.32. The van der Waals surface area contributed by atoms with Crippen LogP contribution in [0.15, 0.2) is 72.5 Å². The standard InChI is InChI=1S/C19H17ClO3/c1-22-17(12-11-16-9-5-6-10-18(16)20)13-19(21)23-14-15-7-3-2-4-8-15/h2-13H,14H2,1H3/b12-11+,17-13+. The number of esters is 1. The molecule has 4 heteroatoms. The Balaban J connectivity index is 1.98. The molecule has 0 aromatic heterocycles. The highest BCUT2D eigenvalue weighted by Gasteiger charge is 2.02. The number of methoxy groups -OCH3 is 1. The first-order valence-electron chi connectivity index (χ1n) is 7.08. The van der Waals surface area contributed by atoms with E-state index in [2.05, 4.69) is 0 Å². The van der Waals surface area contributed by atoms with E-state index in [4.69, 9.17) is 21.1 Å². The molecule has 0 bridgehead atoms. The third kappa shape index (κ3) is 5.64. The average Bonchev–Trinajstić information content (AvgIpc) is 2.59. The van der Waals surface area contributed by atoms with Crippen molar-refractivity contribution in [2.45, 2.75) is 6.61 Å². The van der Waals surface area contributed by atoms with Crippen LogP contribution in [-0.2, 0) is 20.9 Å². The largest absolute Gasteiger partial charge is 0.496 e. The first kappa shape index (κ1) is 16.8. The van der Waals surface area contributed by atoms with Gasteiger partial charge in [0.05, 0.1) is 13.2 Å². The van der Waals surface area contributed by atoms with E-state index in [1.807, 2.05) is 48.5 Å². The Morgan fingerprint density at radius 1 is 1.09 bits per heavy atom. The fourth-order valence-electron chi connectivity index (χ4n) is 1.84. The molecule has 0 amide bonds. The van der Waals surface area contributed by atoms with Crippen molar-refractivity contribution in [1.82, 2.24) is 0 Å². The van der Waals surface area contributed by atoms with Gasteiger partial charge in [0, 0.05) is 5.02 Å². The molecule has 0 unspecified atom stereocenters. The lowest BCUT2D eigenvalue weighted by molar-refractivity contribution is -0.139. The second-order valence-electron chi connectivity index (χ2n) is 4.70. The molecular weight excluding hydrogens is 312 g/mol. The van der Waals surface area contributed by atoms with Crippen LogP contribution >= 0.6 is 11.6 Å². The summed E-state index contributed by atoms with van der Waals surface area (Å²) >= 11 is 6.07. The number of rotatable bonds is 6. The van der Waals surface area contributed by atoms with Crippen molar-refractivity contribution < 1.29 is 14.3 Å². The highest BCUT2D eigenvalue weighted by atomic mass is 35.5. The third-order valence-electron chi connectivity index (χ3n) is 3.05. The minimum Gasteiger partial charge on any atom is -0.496 e. The molecule has 0 aliphatic heterocycles. The zero-order valence-electron chi connectivity index (χ0n) is 12.7. The molecule has 118 valence electrons. The van der Waals surface area contributed by atoms with Crippen molar-refractivity contribution >= 4 is 23.6 Å². The van der Waals surface area contributed by atoms with Gasteiger partial charge in [-0.15, -0.1) is 0 Å². The second-order valence-corrected chi connectivity index (χ2v) is 5.11. The topological polar surface area (TPSA) is 35.5 Å². The van der Waals surface area contributed by atoms with Gasteiger partial charge < -0.3 is 9.47 Å². The smallest absolute Gasteiger partial charge is 0.334 e. The molecule has 0 spiro atoms. The molecular formula is C19H17ClO3. The van der Waals surface area contributed by atoms with E-state index in [0.717, 1.165) is 11.1 Å². The van der Waals surface area contributed by atoms with Crippen molar-refractivity contribution in [3.05, 3.63) is 88.7 Å². The summed E-state index contributed by atoms with van der Waals surface area (Å²) in [6.07, 6.45) is 4.75. The van der Waals surface area contributed by atoms with Crippen LogP contribution in [0.2, 0.25) is 5.02 Å². The molecule has 0 fully saturated rings. The Kier molecular flexibility index (Phi) is 6.45. The van der Waals surface area contributed by atoms with Crippen LogP contribution in [0.5, 0.6) is 0 Å². The highest BCUT2D eigenvalue weighted by Crippen LogP contribution is 2.17. The van der Waals surface area contributed by atoms with Gasteiger partial charge in [-0.05, 0) is 29.3 Å². The Morgan fingerprint density at radius 3 is 2.48 bits per heavy atom. The predicted octanol–water partition coefficient (Wildman–Crippen LogP) is 4.63. The predicted molar refractivity (Wildman–Crippen MR) is 91.8 cm³/mol. The summed E-state index contributed by atoms with van der Waals surface area (Å²) in [6, 6.07) is 16.9. The lowest BCUT2D eigenvalue weighted by Gasteiger charge is -2.04.